The molecule has 3 aromatic rings. The average Bonchev–Trinajstić information content (AvgIpc) is 2.78. The summed E-state index contributed by atoms with van der Waals surface area (Å²) in [6.45, 7) is 5.53. The van der Waals surface area contributed by atoms with Gasteiger partial charge in [-0.25, -0.2) is 8.78 Å². The molecule has 0 aliphatic carbocycles. The number of amides is 2. The molecule has 2 amide bonds. The standard InChI is InChI=1S/C28H30F2N2O2/c1-28(2,3)31-27(34)25(17-20-9-5-4-6-10-20)32(19-22-11-7-8-12-24(22)30)26(33)18-21-13-15-23(29)16-14-21/h4-16,25H,17-19H2,1-3H3,(H,31,34)/t25-/m1/s1. The van der Waals surface area contributed by atoms with Crippen molar-refractivity contribution in [2.75, 3.05) is 0 Å². The highest BCUT2D eigenvalue weighted by Crippen LogP contribution is 2.19. The fourth-order valence-corrected chi connectivity index (χ4v) is 3.70. The third kappa shape index (κ3) is 7.24. The van der Waals surface area contributed by atoms with E-state index in [1.165, 1.54) is 35.2 Å². The molecule has 0 aromatic heterocycles. The van der Waals surface area contributed by atoms with E-state index in [1.807, 2.05) is 51.1 Å². The minimum absolute atomic E-state index is 0.0389. The van der Waals surface area contributed by atoms with Crippen molar-refractivity contribution < 1.29 is 18.4 Å². The van der Waals surface area contributed by atoms with Gasteiger partial charge in [0, 0.05) is 24.1 Å². The summed E-state index contributed by atoms with van der Waals surface area (Å²) in [6, 6.07) is 20.4. The van der Waals surface area contributed by atoms with E-state index in [2.05, 4.69) is 5.32 Å². The number of carbonyl (C=O) groups is 2. The molecule has 1 N–H and O–H groups in total. The van der Waals surface area contributed by atoms with Crippen molar-refractivity contribution in [3.8, 4) is 0 Å². The molecule has 6 heteroatoms. The van der Waals surface area contributed by atoms with Gasteiger partial charge in [0.25, 0.3) is 0 Å². The highest BCUT2D eigenvalue weighted by molar-refractivity contribution is 5.89. The Morgan fingerprint density at radius 3 is 2.09 bits per heavy atom. The van der Waals surface area contributed by atoms with Crippen molar-refractivity contribution in [2.45, 2.75) is 51.7 Å². The summed E-state index contributed by atoms with van der Waals surface area (Å²) in [5, 5.41) is 2.97. The van der Waals surface area contributed by atoms with Gasteiger partial charge in [-0.15, -0.1) is 0 Å². The average molecular weight is 465 g/mol. The van der Waals surface area contributed by atoms with Crippen LogP contribution in [-0.2, 0) is 29.0 Å². The van der Waals surface area contributed by atoms with Crippen LogP contribution in [-0.4, -0.2) is 28.3 Å². The number of carbonyl (C=O) groups excluding carboxylic acids is 2. The van der Waals surface area contributed by atoms with E-state index < -0.39 is 23.2 Å². The van der Waals surface area contributed by atoms with E-state index in [0.29, 0.717) is 11.1 Å². The monoisotopic (exact) mass is 464 g/mol. The first-order valence-electron chi connectivity index (χ1n) is 11.3. The maximum absolute atomic E-state index is 14.6. The van der Waals surface area contributed by atoms with Crippen LogP contribution in [0.3, 0.4) is 0 Å². The lowest BCUT2D eigenvalue weighted by Crippen LogP contribution is -2.54. The lowest BCUT2D eigenvalue weighted by atomic mass is 9.99. The molecule has 0 aliphatic rings. The molecule has 3 aromatic carbocycles. The first kappa shape index (κ1) is 25.1. The molecule has 0 saturated carbocycles. The van der Waals surface area contributed by atoms with Crippen molar-refractivity contribution in [1.82, 2.24) is 10.2 Å². The van der Waals surface area contributed by atoms with Gasteiger partial charge >= 0.3 is 0 Å². The van der Waals surface area contributed by atoms with Gasteiger partial charge in [0.2, 0.25) is 11.8 Å². The van der Waals surface area contributed by atoms with E-state index in [0.717, 1.165) is 5.56 Å². The number of nitrogens with one attached hydrogen (secondary N) is 1. The van der Waals surface area contributed by atoms with Gasteiger partial charge in [0.15, 0.2) is 0 Å². The predicted octanol–water partition coefficient (Wildman–Crippen LogP) is 5.06. The Labute approximate surface area is 199 Å². The molecule has 1 atom stereocenters. The van der Waals surface area contributed by atoms with Crippen LogP contribution >= 0.6 is 0 Å². The van der Waals surface area contributed by atoms with E-state index in [1.54, 1.807) is 18.2 Å². The lowest BCUT2D eigenvalue weighted by molar-refractivity contribution is -0.141. The Morgan fingerprint density at radius 1 is 0.853 bits per heavy atom. The number of halogens is 2. The van der Waals surface area contributed by atoms with E-state index in [9.17, 15) is 18.4 Å². The topological polar surface area (TPSA) is 49.4 Å². The summed E-state index contributed by atoms with van der Waals surface area (Å²) >= 11 is 0. The van der Waals surface area contributed by atoms with Crippen molar-refractivity contribution in [1.29, 1.82) is 0 Å². The summed E-state index contributed by atoms with van der Waals surface area (Å²) in [7, 11) is 0. The Bertz CT molecular complexity index is 1110. The van der Waals surface area contributed by atoms with E-state index in [-0.39, 0.29) is 31.2 Å². The molecule has 0 unspecified atom stereocenters. The van der Waals surface area contributed by atoms with Crippen LogP contribution in [0.1, 0.15) is 37.5 Å². The maximum Gasteiger partial charge on any atom is 0.243 e. The molecule has 0 fully saturated rings. The molecule has 34 heavy (non-hydrogen) atoms. The van der Waals surface area contributed by atoms with Gasteiger partial charge in [-0.3, -0.25) is 9.59 Å². The smallest absolute Gasteiger partial charge is 0.243 e. The molecule has 0 heterocycles. The van der Waals surface area contributed by atoms with Gasteiger partial charge in [-0.2, -0.15) is 0 Å². The van der Waals surface area contributed by atoms with Crippen LogP contribution < -0.4 is 5.32 Å². The zero-order valence-electron chi connectivity index (χ0n) is 19.7. The van der Waals surface area contributed by atoms with Crippen LogP contribution in [0.2, 0.25) is 0 Å². The Kier molecular flexibility index (Phi) is 8.16. The molecule has 0 radical (unpaired) electrons. The largest absolute Gasteiger partial charge is 0.350 e. The van der Waals surface area contributed by atoms with E-state index >= 15 is 0 Å². The second-order valence-corrected chi connectivity index (χ2v) is 9.36. The third-order valence-electron chi connectivity index (χ3n) is 5.34. The lowest BCUT2D eigenvalue weighted by Gasteiger charge is -2.34. The summed E-state index contributed by atoms with van der Waals surface area (Å²) in [5.74, 6) is -1.51. The zero-order valence-corrected chi connectivity index (χ0v) is 19.7. The normalized spacial score (nSPS) is 12.1. The fourth-order valence-electron chi connectivity index (χ4n) is 3.70. The highest BCUT2D eigenvalue weighted by Gasteiger charge is 2.32. The molecular formula is C28H30F2N2O2. The zero-order chi connectivity index (χ0) is 24.7. The van der Waals surface area contributed by atoms with Crippen LogP contribution in [0.15, 0.2) is 78.9 Å². The molecule has 0 aliphatic heterocycles. The highest BCUT2D eigenvalue weighted by atomic mass is 19.1. The quantitative estimate of drug-likeness (QED) is 0.507. The SMILES string of the molecule is CC(C)(C)NC(=O)[C@@H](Cc1ccccc1)N(Cc1ccccc1F)C(=O)Cc1ccc(F)cc1. The van der Waals surface area contributed by atoms with Gasteiger partial charge in [-0.1, -0.05) is 60.7 Å². The second-order valence-electron chi connectivity index (χ2n) is 9.36. The van der Waals surface area contributed by atoms with Crippen LogP contribution in [0.25, 0.3) is 0 Å². The number of benzene rings is 3. The number of rotatable bonds is 8. The molecule has 178 valence electrons. The summed E-state index contributed by atoms with van der Waals surface area (Å²) < 4.78 is 27.9. The van der Waals surface area contributed by atoms with Crippen molar-refractivity contribution in [3.63, 3.8) is 0 Å². The summed E-state index contributed by atoms with van der Waals surface area (Å²) in [4.78, 5) is 28.4. The summed E-state index contributed by atoms with van der Waals surface area (Å²) in [6.07, 6.45) is 0.231. The van der Waals surface area contributed by atoms with Gasteiger partial charge in [0.05, 0.1) is 6.42 Å². The van der Waals surface area contributed by atoms with Gasteiger partial charge in [0.1, 0.15) is 17.7 Å². The minimum atomic E-state index is -0.867. The molecule has 0 saturated heterocycles. The first-order valence-corrected chi connectivity index (χ1v) is 11.3. The van der Waals surface area contributed by atoms with Crippen LogP contribution in [0.5, 0.6) is 0 Å². The Balaban J connectivity index is 1.99. The molecule has 4 nitrogen and oxygen atoms in total. The summed E-state index contributed by atoms with van der Waals surface area (Å²) in [5.41, 5.74) is 1.29. The Morgan fingerprint density at radius 2 is 1.47 bits per heavy atom. The van der Waals surface area contributed by atoms with Crippen molar-refractivity contribution in [2.24, 2.45) is 0 Å². The molecule has 0 bridgehead atoms. The minimum Gasteiger partial charge on any atom is -0.350 e. The maximum atomic E-state index is 14.6. The molecule has 3 rings (SSSR count). The van der Waals surface area contributed by atoms with Gasteiger partial charge < -0.3 is 10.2 Å². The fraction of sp³-hybridized carbons (Fsp3) is 0.286. The van der Waals surface area contributed by atoms with Crippen LogP contribution in [0, 0.1) is 11.6 Å². The Hall–Kier alpha value is -3.54. The van der Waals surface area contributed by atoms with Crippen molar-refractivity contribution in [3.05, 3.63) is 107 Å². The number of hydrogen-bond acceptors (Lipinski definition) is 2. The first-order chi connectivity index (χ1) is 16.1. The molecular weight excluding hydrogens is 434 g/mol. The predicted molar refractivity (Wildman–Crippen MR) is 129 cm³/mol. The van der Waals surface area contributed by atoms with Crippen LogP contribution in [0.4, 0.5) is 8.78 Å². The van der Waals surface area contributed by atoms with Crippen molar-refractivity contribution >= 4 is 11.8 Å². The molecule has 0 spiro atoms. The second kappa shape index (κ2) is 11.1. The third-order valence-corrected chi connectivity index (χ3v) is 5.34. The number of hydrogen-bond donors (Lipinski definition) is 1. The van der Waals surface area contributed by atoms with E-state index in [4.69, 9.17) is 0 Å². The number of nitrogens with zero attached hydrogens (tertiary/aromatic N) is 1. The van der Waals surface area contributed by atoms with Gasteiger partial charge in [-0.05, 0) is 50.1 Å².